The van der Waals surface area contributed by atoms with Crippen molar-refractivity contribution in [3.63, 3.8) is 0 Å². The van der Waals surface area contributed by atoms with Crippen LogP contribution >= 0.6 is 0 Å². The number of rotatable bonds is 7. The summed E-state index contributed by atoms with van der Waals surface area (Å²) in [6.07, 6.45) is 5.42. The SMILES string of the molecule is CCOc1cccc(CNCC2(O)CCC(CC)CC2)c1. The molecule has 3 heteroatoms. The molecular weight excluding hydrogens is 262 g/mol. The van der Waals surface area contributed by atoms with Gasteiger partial charge in [0.2, 0.25) is 0 Å². The molecule has 1 aliphatic rings. The summed E-state index contributed by atoms with van der Waals surface area (Å²) in [5.41, 5.74) is 0.690. The third kappa shape index (κ3) is 5.01. The van der Waals surface area contributed by atoms with Crippen molar-refractivity contribution in [3.05, 3.63) is 29.8 Å². The van der Waals surface area contributed by atoms with E-state index in [-0.39, 0.29) is 0 Å². The molecule has 0 saturated heterocycles. The van der Waals surface area contributed by atoms with E-state index in [1.54, 1.807) is 0 Å². The van der Waals surface area contributed by atoms with Gasteiger partial charge in [0.1, 0.15) is 5.75 Å². The van der Waals surface area contributed by atoms with Crippen molar-refractivity contribution in [1.29, 1.82) is 0 Å². The van der Waals surface area contributed by atoms with E-state index in [0.717, 1.165) is 43.9 Å². The fourth-order valence-corrected chi connectivity index (χ4v) is 3.15. The molecule has 1 aliphatic carbocycles. The Labute approximate surface area is 128 Å². The van der Waals surface area contributed by atoms with Gasteiger partial charge in [0, 0.05) is 13.1 Å². The van der Waals surface area contributed by atoms with E-state index in [9.17, 15) is 5.11 Å². The van der Waals surface area contributed by atoms with Gasteiger partial charge >= 0.3 is 0 Å². The summed E-state index contributed by atoms with van der Waals surface area (Å²) < 4.78 is 5.51. The number of nitrogens with one attached hydrogen (secondary N) is 1. The van der Waals surface area contributed by atoms with Crippen LogP contribution in [-0.2, 0) is 6.54 Å². The molecule has 1 fully saturated rings. The zero-order valence-electron chi connectivity index (χ0n) is 13.4. The normalized spacial score (nSPS) is 25.8. The highest BCUT2D eigenvalue weighted by atomic mass is 16.5. The van der Waals surface area contributed by atoms with E-state index >= 15 is 0 Å². The summed E-state index contributed by atoms with van der Waals surface area (Å²) >= 11 is 0. The summed E-state index contributed by atoms with van der Waals surface area (Å²) in [7, 11) is 0. The number of aliphatic hydroxyl groups is 1. The molecule has 0 atom stereocenters. The molecule has 21 heavy (non-hydrogen) atoms. The second-order valence-corrected chi connectivity index (χ2v) is 6.26. The molecule has 0 amide bonds. The molecule has 3 nitrogen and oxygen atoms in total. The molecule has 0 radical (unpaired) electrons. The third-order valence-electron chi connectivity index (χ3n) is 4.61. The van der Waals surface area contributed by atoms with Crippen LogP contribution in [0.1, 0.15) is 51.5 Å². The minimum Gasteiger partial charge on any atom is -0.494 e. The van der Waals surface area contributed by atoms with Gasteiger partial charge in [-0.3, -0.25) is 0 Å². The first kappa shape index (κ1) is 16.3. The zero-order chi connectivity index (χ0) is 15.1. The molecular formula is C18H29NO2. The van der Waals surface area contributed by atoms with E-state index in [4.69, 9.17) is 4.74 Å². The summed E-state index contributed by atoms with van der Waals surface area (Å²) in [5.74, 6) is 1.73. The van der Waals surface area contributed by atoms with Crippen LogP contribution in [0.25, 0.3) is 0 Å². The standard InChI is InChI=1S/C18H29NO2/c1-3-15-8-10-18(20,11-9-15)14-19-13-16-6-5-7-17(12-16)21-4-2/h5-7,12,15,19-20H,3-4,8-11,13-14H2,1-2H3. The fraction of sp³-hybridized carbons (Fsp3) is 0.667. The van der Waals surface area contributed by atoms with E-state index in [1.165, 1.54) is 12.0 Å². The van der Waals surface area contributed by atoms with Crippen molar-refractivity contribution in [2.75, 3.05) is 13.2 Å². The van der Waals surface area contributed by atoms with Gasteiger partial charge in [-0.1, -0.05) is 25.5 Å². The molecule has 118 valence electrons. The Morgan fingerprint density at radius 1 is 1.29 bits per heavy atom. The van der Waals surface area contributed by atoms with Gasteiger partial charge in [-0.15, -0.1) is 0 Å². The van der Waals surface area contributed by atoms with E-state index in [0.29, 0.717) is 13.2 Å². The first-order valence-corrected chi connectivity index (χ1v) is 8.30. The maximum absolute atomic E-state index is 10.6. The zero-order valence-corrected chi connectivity index (χ0v) is 13.4. The molecule has 0 aliphatic heterocycles. The Hall–Kier alpha value is -1.06. The lowest BCUT2D eigenvalue weighted by atomic mass is 9.78. The van der Waals surface area contributed by atoms with Gasteiger partial charge < -0.3 is 15.2 Å². The monoisotopic (exact) mass is 291 g/mol. The predicted octanol–water partition coefficient (Wildman–Crippen LogP) is 3.51. The van der Waals surface area contributed by atoms with Gasteiger partial charge in [-0.2, -0.15) is 0 Å². The Morgan fingerprint density at radius 2 is 2.05 bits per heavy atom. The van der Waals surface area contributed by atoms with Crippen LogP contribution in [0.5, 0.6) is 5.75 Å². The van der Waals surface area contributed by atoms with E-state index in [2.05, 4.69) is 24.4 Å². The quantitative estimate of drug-likeness (QED) is 0.808. The number of hydrogen-bond acceptors (Lipinski definition) is 3. The van der Waals surface area contributed by atoms with Crippen LogP contribution in [0.4, 0.5) is 0 Å². The highest BCUT2D eigenvalue weighted by Gasteiger charge is 2.31. The average Bonchev–Trinajstić information content (AvgIpc) is 2.49. The number of benzene rings is 1. The minimum absolute atomic E-state index is 0.511. The fourth-order valence-electron chi connectivity index (χ4n) is 3.15. The van der Waals surface area contributed by atoms with Crippen LogP contribution in [0, 0.1) is 5.92 Å². The van der Waals surface area contributed by atoms with Crippen LogP contribution in [0.3, 0.4) is 0 Å². The maximum atomic E-state index is 10.6. The lowest BCUT2D eigenvalue weighted by Crippen LogP contribution is -2.43. The molecule has 0 aromatic heterocycles. The molecule has 0 spiro atoms. The van der Waals surface area contributed by atoms with Crippen molar-refractivity contribution in [2.45, 2.75) is 58.1 Å². The molecule has 1 saturated carbocycles. The maximum Gasteiger partial charge on any atom is 0.119 e. The Kier molecular flexibility index (Phi) is 6.07. The third-order valence-corrected chi connectivity index (χ3v) is 4.61. The highest BCUT2D eigenvalue weighted by Crippen LogP contribution is 2.33. The molecule has 0 heterocycles. The van der Waals surface area contributed by atoms with Gasteiger partial charge in [-0.25, -0.2) is 0 Å². The van der Waals surface area contributed by atoms with Crippen molar-refractivity contribution in [2.24, 2.45) is 5.92 Å². The molecule has 0 bridgehead atoms. The van der Waals surface area contributed by atoms with Gasteiger partial charge in [0.25, 0.3) is 0 Å². The molecule has 1 aromatic rings. The van der Waals surface area contributed by atoms with Crippen molar-refractivity contribution in [3.8, 4) is 5.75 Å². The van der Waals surface area contributed by atoms with Gasteiger partial charge in [0.05, 0.1) is 12.2 Å². The number of hydrogen-bond donors (Lipinski definition) is 2. The van der Waals surface area contributed by atoms with Gasteiger partial charge in [0.15, 0.2) is 0 Å². The molecule has 2 N–H and O–H groups in total. The highest BCUT2D eigenvalue weighted by molar-refractivity contribution is 5.28. The second kappa shape index (κ2) is 7.81. The van der Waals surface area contributed by atoms with Crippen LogP contribution in [0.15, 0.2) is 24.3 Å². The van der Waals surface area contributed by atoms with Crippen molar-refractivity contribution >= 4 is 0 Å². The smallest absolute Gasteiger partial charge is 0.119 e. The number of ether oxygens (including phenoxy) is 1. The summed E-state index contributed by atoms with van der Waals surface area (Å²) in [4.78, 5) is 0. The van der Waals surface area contributed by atoms with Crippen molar-refractivity contribution < 1.29 is 9.84 Å². The Bertz CT molecular complexity index is 425. The Balaban J connectivity index is 1.77. The van der Waals surface area contributed by atoms with Crippen molar-refractivity contribution in [1.82, 2.24) is 5.32 Å². The molecule has 2 rings (SSSR count). The van der Waals surface area contributed by atoms with Gasteiger partial charge in [-0.05, 0) is 56.2 Å². The Morgan fingerprint density at radius 3 is 2.71 bits per heavy atom. The summed E-state index contributed by atoms with van der Waals surface area (Å²) in [6, 6.07) is 8.15. The minimum atomic E-state index is -0.511. The first-order valence-electron chi connectivity index (χ1n) is 8.30. The summed E-state index contributed by atoms with van der Waals surface area (Å²) in [6.45, 7) is 6.39. The lowest BCUT2D eigenvalue weighted by Gasteiger charge is -2.36. The average molecular weight is 291 g/mol. The lowest BCUT2D eigenvalue weighted by molar-refractivity contribution is -0.00881. The van der Waals surface area contributed by atoms with Crippen LogP contribution in [-0.4, -0.2) is 23.9 Å². The largest absolute Gasteiger partial charge is 0.494 e. The van der Waals surface area contributed by atoms with Crippen LogP contribution < -0.4 is 10.1 Å². The summed E-state index contributed by atoms with van der Waals surface area (Å²) in [5, 5.41) is 14.0. The predicted molar refractivity (Wildman–Crippen MR) is 86.5 cm³/mol. The molecule has 0 unspecified atom stereocenters. The first-order chi connectivity index (χ1) is 10.1. The van der Waals surface area contributed by atoms with E-state index in [1.807, 2.05) is 19.1 Å². The topological polar surface area (TPSA) is 41.5 Å². The van der Waals surface area contributed by atoms with Crippen LogP contribution in [0.2, 0.25) is 0 Å². The second-order valence-electron chi connectivity index (χ2n) is 6.26. The van der Waals surface area contributed by atoms with E-state index < -0.39 is 5.60 Å². The molecule has 1 aromatic carbocycles.